The van der Waals surface area contributed by atoms with Crippen molar-refractivity contribution in [2.24, 2.45) is 0 Å². The molecule has 1 amide bonds. The monoisotopic (exact) mass is 321 g/mol. The summed E-state index contributed by atoms with van der Waals surface area (Å²) in [6.45, 7) is 2.88. The van der Waals surface area contributed by atoms with Crippen LogP contribution in [0.3, 0.4) is 0 Å². The van der Waals surface area contributed by atoms with E-state index in [1.54, 1.807) is 12.4 Å². The summed E-state index contributed by atoms with van der Waals surface area (Å²) >= 11 is 0. The number of hydrogen-bond acceptors (Lipinski definition) is 3. The number of nitrogens with zero attached hydrogens (tertiary/aromatic N) is 2. The first-order valence-corrected chi connectivity index (χ1v) is 8.47. The number of anilines is 1. The molecule has 1 aromatic carbocycles. The molecule has 0 bridgehead atoms. The molecule has 1 atom stereocenters. The molecule has 1 aromatic heterocycles. The standard InChI is InChI=1S/C20H23N3O/c1-2-3-5-19-6-4-11-23(19)20(24)16-9-7-15(8-10-16)17-12-18(21)14-22-13-17/h4,6-10,12-14,19H,2-3,5,11,21H2,1H3/t19-/m1/s1. The molecule has 24 heavy (non-hydrogen) atoms. The Bertz CT molecular complexity index is 737. The summed E-state index contributed by atoms with van der Waals surface area (Å²) in [6.07, 6.45) is 11.0. The lowest BCUT2D eigenvalue weighted by Gasteiger charge is -2.24. The molecule has 0 spiro atoms. The predicted molar refractivity (Wildman–Crippen MR) is 97.6 cm³/mol. The van der Waals surface area contributed by atoms with E-state index in [-0.39, 0.29) is 11.9 Å². The van der Waals surface area contributed by atoms with E-state index < -0.39 is 0 Å². The largest absolute Gasteiger partial charge is 0.397 e. The molecule has 0 radical (unpaired) electrons. The van der Waals surface area contributed by atoms with E-state index in [2.05, 4.69) is 24.1 Å². The zero-order valence-corrected chi connectivity index (χ0v) is 14.0. The summed E-state index contributed by atoms with van der Waals surface area (Å²) in [5.74, 6) is 0.0957. The van der Waals surface area contributed by atoms with E-state index in [0.29, 0.717) is 12.2 Å². The number of unbranched alkanes of at least 4 members (excludes halogenated alkanes) is 1. The molecule has 0 saturated carbocycles. The molecule has 124 valence electrons. The van der Waals surface area contributed by atoms with Gasteiger partial charge in [0.05, 0.1) is 11.7 Å². The van der Waals surface area contributed by atoms with Gasteiger partial charge < -0.3 is 10.6 Å². The topological polar surface area (TPSA) is 59.2 Å². The van der Waals surface area contributed by atoms with E-state index in [4.69, 9.17) is 5.73 Å². The normalized spacial score (nSPS) is 16.5. The molecule has 2 aromatic rings. The molecule has 1 aliphatic rings. The van der Waals surface area contributed by atoms with Gasteiger partial charge in [0.15, 0.2) is 0 Å². The lowest BCUT2D eigenvalue weighted by atomic mass is 10.0. The minimum Gasteiger partial charge on any atom is -0.397 e. The fraction of sp³-hybridized carbons (Fsp3) is 0.300. The third-order valence-electron chi connectivity index (χ3n) is 4.40. The Morgan fingerprint density at radius 1 is 1.25 bits per heavy atom. The van der Waals surface area contributed by atoms with E-state index in [1.807, 2.05) is 35.2 Å². The Hall–Kier alpha value is -2.62. The molecule has 3 rings (SSSR count). The highest BCUT2D eigenvalue weighted by molar-refractivity contribution is 5.95. The van der Waals surface area contributed by atoms with Gasteiger partial charge in [0.2, 0.25) is 0 Å². The number of amides is 1. The van der Waals surface area contributed by atoms with Crippen molar-refractivity contribution < 1.29 is 4.79 Å². The third kappa shape index (κ3) is 3.48. The Morgan fingerprint density at radius 2 is 2.04 bits per heavy atom. The smallest absolute Gasteiger partial charge is 0.254 e. The molecule has 0 fully saturated rings. The number of benzene rings is 1. The van der Waals surface area contributed by atoms with Crippen LogP contribution in [-0.2, 0) is 0 Å². The van der Waals surface area contributed by atoms with E-state index in [9.17, 15) is 4.79 Å². The first-order chi connectivity index (χ1) is 11.7. The zero-order chi connectivity index (χ0) is 16.9. The van der Waals surface area contributed by atoms with E-state index in [0.717, 1.165) is 36.0 Å². The van der Waals surface area contributed by atoms with Crippen molar-refractivity contribution in [2.75, 3.05) is 12.3 Å². The number of hydrogen-bond donors (Lipinski definition) is 1. The van der Waals surface area contributed by atoms with Crippen LogP contribution in [0.4, 0.5) is 5.69 Å². The predicted octanol–water partition coefficient (Wildman–Crippen LogP) is 3.90. The van der Waals surface area contributed by atoms with Crippen molar-refractivity contribution in [1.29, 1.82) is 0 Å². The van der Waals surface area contributed by atoms with Crippen LogP contribution in [0.5, 0.6) is 0 Å². The molecule has 0 aliphatic carbocycles. The Morgan fingerprint density at radius 3 is 2.75 bits per heavy atom. The van der Waals surface area contributed by atoms with Crippen molar-refractivity contribution in [1.82, 2.24) is 9.88 Å². The van der Waals surface area contributed by atoms with E-state index in [1.165, 1.54) is 0 Å². The quantitative estimate of drug-likeness (QED) is 0.850. The van der Waals surface area contributed by atoms with Crippen molar-refractivity contribution in [2.45, 2.75) is 32.2 Å². The summed E-state index contributed by atoms with van der Waals surface area (Å²) in [4.78, 5) is 18.8. The minimum atomic E-state index is 0.0957. The van der Waals surface area contributed by atoms with Crippen molar-refractivity contribution in [3.8, 4) is 11.1 Å². The lowest BCUT2D eigenvalue weighted by molar-refractivity contribution is 0.0743. The molecule has 2 heterocycles. The zero-order valence-electron chi connectivity index (χ0n) is 14.0. The maximum atomic E-state index is 12.8. The molecule has 1 aliphatic heterocycles. The van der Waals surface area contributed by atoms with E-state index >= 15 is 0 Å². The maximum Gasteiger partial charge on any atom is 0.254 e. The van der Waals surface area contributed by atoms with Gasteiger partial charge in [-0.1, -0.05) is 44.1 Å². The van der Waals surface area contributed by atoms with Gasteiger partial charge in [-0.05, 0) is 30.2 Å². The highest BCUT2D eigenvalue weighted by Crippen LogP contribution is 2.23. The van der Waals surface area contributed by atoms with Crippen molar-refractivity contribution >= 4 is 11.6 Å². The Labute approximate surface area is 143 Å². The molecule has 4 heteroatoms. The number of aromatic nitrogens is 1. The van der Waals surface area contributed by atoms with Gasteiger partial charge >= 0.3 is 0 Å². The Balaban J connectivity index is 1.74. The van der Waals surface area contributed by atoms with Gasteiger partial charge in [0.25, 0.3) is 5.91 Å². The number of nitrogens with two attached hydrogens (primary N) is 1. The summed E-state index contributed by atoms with van der Waals surface area (Å²) in [5.41, 5.74) is 9.10. The molecule has 0 unspecified atom stereocenters. The first kappa shape index (κ1) is 16.2. The lowest BCUT2D eigenvalue weighted by Crippen LogP contribution is -2.36. The average Bonchev–Trinajstić information content (AvgIpc) is 3.08. The van der Waals surface area contributed by atoms with Crippen LogP contribution in [0.2, 0.25) is 0 Å². The van der Waals surface area contributed by atoms with Crippen LogP contribution in [0.25, 0.3) is 11.1 Å². The summed E-state index contributed by atoms with van der Waals surface area (Å²) < 4.78 is 0. The summed E-state index contributed by atoms with van der Waals surface area (Å²) in [5, 5.41) is 0. The van der Waals surface area contributed by atoms with Crippen LogP contribution in [0.1, 0.15) is 36.5 Å². The highest BCUT2D eigenvalue weighted by atomic mass is 16.2. The van der Waals surface area contributed by atoms with Gasteiger partial charge in [-0.25, -0.2) is 0 Å². The maximum absolute atomic E-state index is 12.8. The minimum absolute atomic E-state index is 0.0957. The molecular weight excluding hydrogens is 298 g/mol. The number of pyridine rings is 1. The molecular formula is C20H23N3O. The van der Waals surface area contributed by atoms with Gasteiger partial charge in [-0.3, -0.25) is 9.78 Å². The van der Waals surface area contributed by atoms with Crippen molar-refractivity contribution in [3.63, 3.8) is 0 Å². The number of carbonyl (C=O) groups excluding carboxylic acids is 1. The van der Waals surface area contributed by atoms with Gasteiger partial charge in [0.1, 0.15) is 0 Å². The fourth-order valence-electron chi connectivity index (χ4n) is 3.06. The van der Waals surface area contributed by atoms with Gasteiger partial charge in [0, 0.05) is 30.1 Å². The van der Waals surface area contributed by atoms with Gasteiger partial charge in [-0.15, -0.1) is 0 Å². The molecule has 4 nitrogen and oxygen atoms in total. The van der Waals surface area contributed by atoms with Gasteiger partial charge in [-0.2, -0.15) is 0 Å². The highest BCUT2D eigenvalue weighted by Gasteiger charge is 2.25. The fourth-order valence-corrected chi connectivity index (χ4v) is 3.06. The molecule has 0 saturated heterocycles. The van der Waals surface area contributed by atoms with Crippen LogP contribution in [0.15, 0.2) is 54.9 Å². The second-order valence-electron chi connectivity index (χ2n) is 6.18. The number of nitrogen functional groups attached to an aromatic ring is 1. The first-order valence-electron chi connectivity index (χ1n) is 8.47. The molecule has 2 N–H and O–H groups in total. The van der Waals surface area contributed by atoms with Crippen molar-refractivity contribution in [3.05, 3.63) is 60.4 Å². The summed E-state index contributed by atoms with van der Waals surface area (Å²) in [6, 6.07) is 9.79. The number of rotatable bonds is 5. The van der Waals surface area contributed by atoms with Crippen LogP contribution in [0, 0.1) is 0 Å². The summed E-state index contributed by atoms with van der Waals surface area (Å²) in [7, 11) is 0. The average molecular weight is 321 g/mol. The second-order valence-corrected chi connectivity index (χ2v) is 6.18. The number of carbonyl (C=O) groups is 1. The SMILES string of the molecule is CCCC[C@@H]1C=CCN1C(=O)c1ccc(-c2cncc(N)c2)cc1. The second kappa shape index (κ2) is 7.30. The third-order valence-corrected chi connectivity index (χ3v) is 4.40. The Kier molecular flexibility index (Phi) is 4.94. The van der Waals surface area contributed by atoms with Crippen LogP contribution >= 0.6 is 0 Å². The van der Waals surface area contributed by atoms with Crippen LogP contribution in [-0.4, -0.2) is 28.4 Å². The van der Waals surface area contributed by atoms with Crippen LogP contribution < -0.4 is 5.73 Å².